The first-order valence-electron chi connectivity index (χ1n) is 5.93. The van der Waals surface area contributed by atoms with Crippen molar-refractivity contribution in [3.8, 4) is 11.1 Å². The molecule has 0 aliphatic rings. The highest BCUT2D eigenvalue weighted by Crippen LogP contribution is 2.27. The third-order valence-electron chi connectivity index (χ3n) is 3.05. The molecule has 3 nitrogen and oxygen atoms in total. The number of pyridine rings is 2. The van der Waals surface area contributed by atoms with Crippen molar-refractivity contribution in [2.24, 2.45) is 0 Å². The molecule has 0 bridgehead atoms. The summed E-state index contributed by atoms with van der Waals surface area (Å²) in [6.07, 6.45) is 1.68. The van der Waals surface area contributed by atoms with Crippen molar-refractivity contribution in [2.75, 3.05) is 5.73 Å². The summed E-state index contributed by atoms with van der Waals surface area (Å²) in [7, 11) is 0. The van der Waals surface area contributed by atoms with Crippen molar-refractivity contribution in [3.05, 3.63) is 54.1 Å². The summed E-state index contributed by atoms with van der Waals surface area (Å²) in [5, 5.41) is 0.486. The summed E-state index contributed by atoms with van der Waals surface area (Å²) in [5.74, 6) is 0.142. The van der Waals surface area contributed by atoms with Gasteiger partial charge in [-0.25, -0.2) is 9.37 Å². The molecule has 0 radical (unpaired) electrons. The molecule has 2 heterocycles. The van der Waals surface area contributed by atoms with Gasteiger partial charge in [0.2, 0.25) is 0 Å². The molecule has 0 saturated carbocycles. The fourth-order valence-corrected chi connectivity index (χ4v) is 2.08. The van der Waals surface area contributed by atoms with Gasteiger partial charge in [0, 0.05) is 28.4 Å². The van der Waals surface area contributed by atoms with Crippen LogP contribution in [0.2, 0.25) is 0 Å². The Morgan fingerprint density at radius 3 is 2.79 bits per heavy atom. The lowest BCUT2D eigenvalue weighted by molar-refractivity contribution is 0.639. The topological polar surface area (TPSA) is 51.8 Å². The highest BCUT2D eigenvalue weighted by molar-refractivity contribution is 5.86. The summed E-state index contributed by atoms with van der Waals surface area (Å²) in [4.78, 5) is 8.47. The SMILES string of the molecule is Cc1ccc(-c2cnc3cccc(F)c3c2)c(N)n1. The molecule has 2 N–H and O–H groups in total. The Morgan fingerprint density at radius 1 is 1.16 bits per heavy atom. The molecule has 4 heteroatoms. The van der Waals surface area contributed by atoms with Crippen LogP contribution in [-0.2, 0) is 0 Å². The standard InChI is InChI=1S/C15H12FN3/c1-9-5-6-11(15(17)19-9)10-7-12-13(16)3-2-4-14(12)18-8-10/h2-8H,1H3,(H2,17,19). The van der Waals surface area contributed by atoms with Crippen LogP contribution in [0.3, 0.4) is 0 Å². The quantitative estimate of drug-likeness (QED) is 0.723. The predicted octanol–water partition coefficient (Wildman–Crippen LogP) is 3.33. The Labute approximate surface area is 109 Å². The van der Waals surface area contributed by atoms with E-state index in [2.05, 4.69) is 9.97 Å². The third kappa shape index (κ3) is 2.01. The highest BCUT2D eigenvalue weighted by atomic mass is 19.1. The molecule has 0 amide bonds. The predicted molar refractivity (Wildman–Crippen MR) is 74.1 cm³/mol. The zero-order chi connectivity index (χ0) is 13.4. The molecule has 0 saturated heterocycles. The van der Waals surface area contributed by atoms with Crippen molar-refractivity contribution in [1.82, 2.24) is 9.97 Å². The average molecular weight is 253 g/mol. The van der Waals surface area contributed by atoms with E-state index in [1.54, 1.807) is 24.4 Å². The molecule has 0 fully saturated rings. The average Bonchev–Trinajstić information content (AvgIpc) is 2.39. The van der Waals surface area contributed by atoms with Crippen LogP contribution in [0.4, 0.5) is 10.2 Å². The number of halogens is 1. The number of anilines is 1. The van der Waals surface area contributed by atoms with Gasteiger partial charge < -0.3 is 5.73 Å². The number of hydrogen-bond acceptors (Lipinski definition) is 3. The Hall–Kier alpha value is -2.49. The lowest BCUT2D eigenvalue weighted by Gasteiger charge is -2.07. The first-order chi connectivity index (χ1) is 9.15. The zero-order valence-electron chi connectivity index (χ0n) is 10.4. The molecule has 0 atom stereocenters. The number of aryl methyl sites for hydroxylation is 1. The van der Waals surface area contributed by atoms with Gasteiger partial charge in [0.05, 0.1) is 5.52 Å². The van der Waals surface area contributed by atoms with Crippen LogP contribution in [-0.4, -0.2) is 9.97 Å². The fourth-order valence-electron chi connectivity index (χ4n) is 2.08. The zero-order valence-corrected chi connectivity index (χ0v) is 10.4. The van der Waals surface area contributed by atoms with Crippen molar-refractivity contribution in [3.63, 3.8) is 0 Å². The Morgan fingerprint density at radius 2 is 2.00 bits per heavy atom. The van der Waals surface area contributed by atoms with Gasteiger partial charge in [0.15, 0.2) is 0 Å². The molecule has 2 aromatic heterocycles. The van der Waals surface area contributed by atoms with Gasteiger partial charge in [-0.05, 0) is 37.3 Å². The van der Waals surface area contributed by atoms with Gasteiger partial charge in [-0.3, -0.25) is 4.98 Å². The number of rotatable bonds is 1. The van der Waals surface area contributed by atoms with Crippen molar-refractivity contribution in [2.45, 2.75) is 6.92 Å². The van der Waals surface area contributed by atoms with E-state index < -0.39 is 0 Å². The fraction of sp³-hybridized carbons (Fsp3) is 0.0667. The van der Waals surface area contributed by atoms with E-state index in [0.29, 0.717) is 16.7 Å². The smallest absolute Gasteiger partial charge is 0.132 e. The van der Waals surface area contributed by atoms with Gasteiger partial charge in [0.25, 0.3) is 0 Å². The van der Waals surface area contributed by atoms with Gasteiger partial charge in [-0.2, -0.15) is 0 Å². The minimum Gasteiger partial charge on any atom is -0.383 e. The van der Waals surface area contributed by atoms with Crippen molar-refractivity contribution in [1.29, 1.82) is 0 Å². The van der Waals surface area contributed by atoms with Crippen LogP contribution in [0.5, 0.6) is 0 Å². The number of nitrogen functional groups attached to an aromatic ring is 1. The molecular formula is C15H12FN3. The first kappa shape index (κ1) is 11.6. The molecular weight excluding hydrogens is 241 g/mol. The van der Waals surface area contributed by atoms with Crippen molar-refractivity contribution < 1.29 is 4.39 Å². The number of hydrogen-bond donors (Lipinski definition) is 1. The van der Waals surface area contributed by atoms with Gasteiger partial charge in [-0.15, -0.1) is 0 Å². The van der Waals surface area contributed by atoms with Crippen LogP contribution in [0, 0.1) is 12.7 Å². The van der Waals surface area contributed by atoms with E-state index >= 15 is 0 Å². The van der Waals surface area contributed by atoms with Crippen LogP contribution in [0.25, 0.3) is 22.0 Å². The second-order valence-corrected chi connectivity index (χ2v) is 4.42. The summed E-state index contributed by atoms with van der Waals surface area (Å²) in [6.45, 7) is 1.87. The lowest BCUT2D eigenvalue weighted by atomic mass is 10.1. The summed E-state index contributed by atoms with van der Waals surface area (Å²) >= 11 is 0. The molecule has 3 rings (SSSR count). The Bertz CT molecular complexity index is 768. The summed E-state index contributed by atoms with van der Waals surface area (Å²) < 4.78 is 13.8. The Kier molecular flexibility index (Phi) is 2.63. The summed E-state index contributed by atoms with van der Waals surface area (Å²) in [6, 6.07) is 10.3. The number of nitrogens with two attached hydrogens (primary N) is 1. The maximum Gasteiger partial charge on any atom is 0.132 e. The molecule has 0 aliphatic heterocycles. The molecule has 1 aromatic carbocycles. The lowest BCUT2D eigenvalue weighted by Crippen LogP contribution is -1.96. The molecule has 0 spiro atoms. The second kappa shape index (κ2) is 4.31. The van der Waals surface area contributed by atoms with Crippen LogP contribution in [0.15, 0.2) is 42.6 Å². The molecule has 0 aliphatic carbocycles. The molecule has 19 heavy (non-hydrogen) atoms. The van der Waals surface area contributed by atoms with E-state index in [9.17, 15) is 4.39 Å². The number of benzene rings is 1. The van der Waals surface area contributed by atoms with Crippen LogP contribution < -0.4 is 5.73 Å². The van der Waals surface area contributed by atoms with Crippen LogP contribution in [0.1, 0.15) is 5.69 Å². The van der Waals surface area contributed by atoms with Gasteiger partial charge in [-0.1, -0.05) is 6.07 Å². The van der Waals surface area contributed by atoms with Crippen LogP contribution >= 0.6 is 0 Å². The largest absolute Gasteiger partial charge is 0.383 e. The van der Waals surface area contributed by atoms with E-state index in [4.69, 9.17) is 5.73 Å². The number of nitrogens with zero attached hydrogens (tertiary/aromatic N) is 2. The second-order valence-electron chi connectivity index (χ2n) is 4.42. The third-order valence-corrected chi connectivity index (χ3v) is 3.05. The molecule has 94 valence electrons. The van der Waals surface area contributed by atoms with Gasteiger partial charge >= 0.3 is 0 Å². The number of aromatic nitrogens is 2. The Balaban J connectivity index is 2.23. The van der Waals surface area contributed by atoms with E-state index in [1.807, 2.05) is 19.1 Å². The summed E-state index contributed by atoms with van der Waals surface area (Å²) in [5.41, 5.74) is 8.91. The number of fused-ring (bicyclic) bond motifs is 1. The van der Waals surface area contributed by atoms with E-state index in [0.717, 1.165) is 16.8 Å². The molecule has 3 aromatic rings. The highest BCUT2D eigenvalue weighted by Gasteiger charge is 2.08. The van der Waals surface area contributed by atoms with E-state index in [-0.39, 0.29) is 5.82 Å². The van der Waals surface area contributed by atoms with E-state index in [1.165, 1.54) is 6.07 Å². The maximum atomic E-state index is 13.8. The molecule has 0 unspecified atom stereocenters. The minimum atomic E-state index is -0.287. The minimum absolute atomic E-state index is 0.287. The maximum absolute atomic E-state index is 13.8. The van der Waals surface area contributed by atoms with Crippen molar-refractivity contribution >= 4 is 16.7 Å². The van der Waals surface area contributed by atoms with Gasteiger partial charge in [0.1, 0.15) is 11.6 Å². The monoisotopic (exact) mass is 253 g/mol. The normalized spacial score (nSPS) is 10.8. The first-order valence-corrected chi connectivity index (χ1v) is 5.93.